The second-order valence-corrected chi connectivity index (χ2v) is 5.75. The van der Waals surface area contributed by atoms with Crippen LogP contribution in [-0.2, 0) is 20.7 Å². The minimum absolute atomic E-state index is 0.180. The molecular formula is C16H22ClNO3. The number of carbonyl (C=O) groups excluding carboxylic acids is 2. The zero-order valence-corrected chi connectivity index (χ0v) is 13.4. The molecule has 116 valence electrons. The highest BCUT2D eigenvalue weighted by Gasteiger charge is 2.31. The predicted molar refractivity (Wildman–Crippen MR) is 83.2 cm³/mol. The Balaban J connectivity index is 2.83. The molecule has 0 saturated carbocycles. The van der Waals surface area contributed by atoms with Crippen molar-refractivity contribution in [3.63, 3.8) is 0 Å². The monoisotopic (exact) mass is 311 g/mol. The molecule has 0 saturated heterocycles. The van der Waals surface area contributed by atoms with Crippen molar-refractivity contribution in [3.05, 3.63) is 35.9 Å². The van der Waals surface area contributed by atoms with Gasteiger partial charge >= 0.3 is 5.97 Å². The number of esters is 1. The fraction of sp³-hybridized carbons (Fsp3) is 0.500. The van der Waals surface area contributed by atoms with Gasteiger partial charge in [0.05, 0.1) is 12.0 Å². The largest absolute Gasteiger partial charge is 0.464 e. The maximum absolute atomic E-state index is 12.2. The molecule has 0 radical (unpaired) electrons. The van der Waals surface area contributed by atoms with E-state index in [-0.39, 0.29) is 18.4 Å². The lowest BCUT2D eigenvalue weighted by atomic mass is 9.94. The molecule has 1 amide bonds. The van der Waals surface area contributed by atoms with E-state index in [1.165, 1.54) is 0 Å². The lowest BCUT2D eigenvalue weighted by molar-refractivity contribution is -0.148. The van der Waals surface area contributed by atoms with Gasteiger partial charge in [0.2, 0.25) is 5.91 Å². The summed E-state index contributed by atoms with van der Waals surface area (Å²) < 4.78 is 5.04. The summed E-state index contributed by atoms with van der Waals surface area (Å²) in [7, 11) is 0. The summed E-state index contributed by atoms with van der Waals surface area (Å²) in [5.41, 5.74) is 0.225. The molecule has 0 aliphatic heterocycles. The Morgan fingerprint density at radius 3 is 2.43 bits per heavy atom. The first-order valence-corrected chi connectivity index (χ1v) is 7.51. The van der Waals surface area contributed by atoms with Gasteiger partial charge in [-0.3, -0.25) is 4.79 Å². The number of hydrogen-bond donors (Lipinski definition) is 1. The third-order valence-corrected chi connectivity index (χ3v) is 3.78. The number of benzene rings is 1. The highest BCUT2D eigenvalue weighted by atomic mass is 35.5. The van der Waals surface area contributed by atoms with Crippen molar-refractivity contribution in [1.82, 2.24) is 5.32 Å². The van der Waals surface area contributed by atoms with Crippen LogP contribution >= 0.6 is 11.6 Å². The smallest absolute Gasteiger partial charge is 0.328 e. The Morgan fingerprint density at radius 2 is 1.90 bits per heavy atom. The van der Waals surface area contributed by atoms with Crippen molar-refractivity contribution < 1.29 is 14.3 Å². The minimum atomic E-state index is -0.733. The first-order chi connectivity index (χ1) is 9.90. The molecule has 1 aromatic rings. The average Bonchev–Trinajstić information content (AvgIpc) is 2.47. The van der Waals surface area contributed by atoms with Crippen molar-refractivity contribution in [1.29, 1.82) is 0 Å². The van der Waals surface area contributed by atoms with E-state index >= 15 is 0 Å². The van der Waals surface area contributed by atoms with Crippen LogP contribution in [0.15, 0.2) is 30.3 Å². The van der Waals surface area contributed by atoms with Crippen LogP contribution in [0, 0.1) is 5.41 Å². The average molecular weight is 312 g/mol. The SMILES string of the molecule is CCOC(=O)[C@H](Cc1ccccc1)NC(=O)C(C)(C)CCl. The van der Waals surface area contributed by atoms with Gasteiger partial charge in [0.1, 0.15) is 6.04 Å². The summed E-state index contributed by atoms with van der Waals surface area (Å²) in [6.45, 7) is 5.49. The van der Waals surface area contributed by atoms with Crippen molar-refractivity contribution in [2.45, 2.75) is 33.2 Å². The van der Waals surface area contributed by atoms with E-state index in [1.807, 2.05) is 30.3 Å². The third kappa shape index (κ3) is 5.38. The number of amides is 1. The first kappa shape index (κ1) is 17.5. The van der Waals surface area contributed by atoms with Gasteiger partial charge in [-0.25, -0.2) is 4.79 Å². The maximum Gasteiger partial charge on any atom is 0.328 e. The second kappa shape index (κ2) is 8.03. The molecular weight excluding hydrogens is 290 g/mol. The zero-order valence-electron chi connectivity index (χ0n) is 12.7. The molecule has 0 fully saturated rings. The molecule has 1 aromatic carbocycles. The first-order valence-electron chi connectivity index (χ1n) is 6.98. The van der Waals surface area contributed by atoms with E-state index in [2.05, 4.69) is 5.32 Å². The Morgan fingerprint density at radius 1 is 1.29 bits per heavy atom. The van der Waals surface area contributed by atoms with E-state index in [1.54, 1.807) is 20.8 Å². The van der Waals surface area contributed by atoms with Crippen molar-refractivity contribution in [2.75, 3.05) is 12.5 Å². The fourth-order valence-electron chi connectivity index (χ4n) is 1.70. The standard InChI is InChI=1S/C16H22ClNO3/c1-4-21-14(19)13(10-12-8-6-5-7-9-12)18-15(20)16(2,3)11-17/h5-9,13H,4,10-11H2,1-3H3,(H,18,20)/t13-/m0/s1. The van der Waals surface area contributed by atoms with E-state index < -0.39 is 17.4 Å². The van der Waals surface area contributed by atoms with Gasteiger partial charge in [0.25, 0.3) is 0 Å². The summed E-state index contributed by atoms with van der Waals surface area (Å²) in [6, 6.07) is 8.79. The van der Waals surface area contributed by atoms with E-state index in [9.17, 15) is 9.59 Å². The Bertz CT molecular complexity index is 474. The molecule has 1 N–H and O–H groups in total. The fourth-order valence-corrected chi connectivity index (χ4v) is 1.82. The molecule has 4 nitrogen and oxygen atoms in total. The molecule has 5 heteroatoms. The number of halogens is 1. The number of hydrogen-bond acceptors (Lipinski definition) is 3. The lowest BCUT2D eigenvalue weighted by Crippen LogP contribution is -2.48. The summed E-state index contributed by atoms with van der Waals surface area (Å²) in [6.07, 6.45) is 0.393. The van der Waals surface area contributed by atoms with Gasteiger partial charge in [-0.15, -0.1) is 11.6 Å². The molecule has 21 heavy (non-hydrogen) atoms. The van der Waals surface area contributed by atoms with Crippen LogP contribution < -0.4 is 5.32 Å². The Labute approximate surface area is 130 Å². The molecule has 0 aromatic heterocycles. The van der Waals surface area contributed by atoms with E-state index in [4.69, 9.17) is 16.3 Å². The van der Waals surface area contributed by atoms with Crippen LogP contribution in [0.4, 0.5) is 0 Å². The van der Waals surface area contributed by atoms with Crippen LogP contribution in [0.1, 0.15) is 26.3 Å². The Kier molecular flexibility index (Phi) is 6.69. The van der Waals surface area contributed by atoms with Crippen molar-refractivity contribution in [3.8, 4) is 0 Å². The summed E-state index contributed by atoms with van der Waals surface area (Å²) in [4.78, 5) is 24.2. The third-order valence-electron chi connectivity index (χ3n) is 3.11. The molecule has 0 spiro atoms. The molecule has 0 heterocycles. The van der Waals surface area contributed by atoms with Gasteiger partial charge in [0.15, 0.2) is 0 Å². The van der Waals surface area contributed by atoms with Crippen LogP contribution in [0.25, 0.3) is 0 Å². The molecule has 0 aliphatic carbocycles. The highest BCUT2D eigenvalue weighted by molar-refractivity contribution is 6.19. The number of ether oxygens (including phenoxy) is 1. The van der Waals surface area contributed by atoms with Crippen LogP contribution in [0.5, 0.6) is 0 Å². The molecule has 0 aliphatic rings. The lowest BCUT2D eigenvalue weighted by Gasteiger charge is -2.24. The normalized spacial score (nSPS) is 12.6. The zero-order chi connectivity index (χ0) is 15.9. The van der Waals surface area contributed by atoms with Gasteiger partial charge < -0.3 is 10.1 Å². The number of alkyl halides is 1. The van der Waals surface area contributed by atoms with Crippen molar-refractivity contribution >= 4 is 23.5 Å². The van der Waals surface area contributed by atoms with Gasteiger partial charge in [0, 0.05) is 12.3 Å². The molecule has 1 rings (SSSR count). The molecule has 0 unspecified atom stereocenters. The van der Waals surface area contributed by atoms with Gasteiger partial charge in [-0.2, -0.15) is 0 Å². The Hall–Kier alpha value is -1.55. The van der Waals surface area contributed by atoms with Gasteiger partial charge in [-0.1, -0.05) is 30.3 Å². The number of rotatable bonds is 7. The molecule has 1 atom stereocenters. The molecule has 0 bridgehead atoms. The van der Waals surface area contributed by atoms with Crippen LogP contribution in [0.2, 0.25) is 0 Å². The maximum atomic E-state index is 12.2. The summed E-state index contributed by atoms with van der Waals surface area (Å²) in [5.74, 6) is -0.508. The topological polar surface area (TPSA) is 55.4 Å². The summed E-state index contributed by atoms with van der Waals surface area (Å²) in [5, 5.41) is 2.74. The minimum Gasteiger partial charge on any atom is -0.464 e. The van der Waals surface area contributed by atoms with Gasteiger partial charge in [-0.05, 0) is 26.3 Å². The highest BCUT2D eigenvalue weighted by Crippen LogP contribution is 2.18. The summed E-state index contributed by atoms with van der Waals surface area (Å²) >= 11 is 5.80. The number of carbonyl (C=O) groups is 2. The van der Waals surface area contributed by atoms with Crippen molar-refractivity contribution in [2.24, 2.45) is 5.41 Å². The second-order valence-electron chi connectivity index (χ2n) is 5.49. The quantitative estimate of drug-likeness (QED) is 0.622. The predicted octanol–water partition coefficient (Wildman–Crippen LogP) is 2.54. The van der Waals surface area contributed by atoms with Crippen LogP contribution in [0.3, 0.4) is 0 Å². The van der Waals surface area contributed by atoms with Crippen LogP contribution in [-0.4, -0.2) is 30.4 Å². The van der Waals surface area contributed by atoms with E-state index in [0.29, 0.717) is 6.42 Å². The van der Waals surface area contributed by atoms with E-state index in [0.717, 1.165) is 5.56 Å². The number of nitrogens with one attached hydrogen (secondary N) is 1.